The maximum atomic E-state index is 12.6. The van der Waals surface area contributed by atoms with Crippen LogP contribution in [0.4, 0.5) is 0 Å². The third-order valence-corrected chi connectivity index (χ3v) is 10.1. The highest BCUT2D eigenvalue weighted by Crippen LogP contribution is 2.44. The summed E-state index contributed by atoms with van der Waals surface area (Å²) in [6.07, 6.45) is 39.0. The van der Waals surface area contributed by atoms with Crippen molar-refractivity contribution in [1.29, 1.82) is 0 Å². The van der Waals surface area contributed by atoms with Crippen LogP contribution < -0.4 is 11.3 Å². The average Bonchev–Trinajstić information content (AvgIpc) is 2.95. The molecule has 3 heteroatoms. The Morgan fingerprint density at radius 3 is 1.05 bits per heavy atom. The van der Waals surface area contributed by atoms with Gasteiger partial charge in [-0.1, -0.05) is 208 Å². The number of hydrogen-bond donors (Lipinski definition) is 1. The molecule has 0 aliphatic heterocycles. The van der Waals surface area contributed by atoms with Gasteiger partial charge in [0.1, 0.15) is 0 Å². The zero-order chi connectivity index (χ0) is 30.4. The molecule has 0 aliphatic rings. The van der Waals surface area contributed by atoms with E-state index in [0.29, 0.717) is 5.92 Å². The Balaban J connectivity index is 0. The van der Waals surface area contributed by atoms with Crippen molar-refractivity contribution in [3.8, 4) is 0 Å². The van der Waals surface area contributed by atoms with Crippen LogP contribution in [0.2, 0.25) is 0 Å². The zero-order valence-corrected chi connectivity index (χ0v) is 30.2. The van der Waals surface area contributed by atoms with E-state index < -0.39 is 11.4 Å². The Bertz CT molecular complexity index is 549. The fraction of sp³-hybridized carbons (Fsp3) is 0.974. The quantitative estimate of drug-likeness (QED) is 0.0766. The van der Waals surface area contributed by atoms with Gasteiger partial charge < -0.3 is 16.1 Å². The Morgan fingerprint density at radius 1 is 0.500 bits per heavy atom. The average molecular weight is 596 g/mol. The van der Waals surface area contributed by atoms with Crippen LogP contribution in [0.3, 0.4) is 0 Å². The molecule has 0 fully saturated rings. The van der Waals surface area contributed by atoms with E-state index in [4.69, 9.17) is 0 Å². The lowest BCUT2D eigenvalue weighted by molar-refractivity contribution is -0.324. The number of unbranched alkanes of at least 4 members (excludes halogenated alkanes) is 25. The maximum absolute atomic E-state index is 12.6. The van der Waals surface area contributed by atoms with Gasteiger partial charge in [0.15, 0.2) is 0 Å². The Hall–Kier alpha value is -0.570. The highest BCUT2D eigenvalue weighted by atomic mass is 16.4. The van der Waals surface area contributed by atoms with Crippen LogP contribution in [0.25, 0.3) is 0 Å². The van der Waals surface area contributed by atoms with Gasteiger partial charge >= 0.3 is 0 Å². The molecule has 0 aliphatic carbocycles. The van der Waals surface area contributed by atoms with Gasteiger partial charge in [-0.3, -0.25) is 0 Å². The summed E-state index contributed by atoms with van der Waals surface area (Å²) in [5.41, 5.74) is -0.636. The van der Waals surface area contributed by atoms with Crippen molar-refractivity contribution >= 4 is 5.97 Å². The van der Waals surface area contributed by atoms with E-state index in [-0.39, 0.29) is 12.1 Å². The lowest BCUT2D eigenvalue weighted by Crippen LogP contribution is -2.48. The monoisotopic (exact) mass is 596 g/mol. The third-order valence-electron chi connectivity index (χ3n) is 10.1. The number of aliphatic carboxylic acids is 1. The smallest absolute Gasteiger partial charge is 0.0478 e. The summed E-state index contributed by atoms with van der Waals surface area (Å²) < 4.78 is 0. The standard InChI is InChI=1S/C39H78O2.H3N/c1-6-9-11-13-15-17-19-21-23-25-27-29-31-33-35-39(8-3,38(40)41)37(36(4)5)34-32-30-28-26-24-22-20-18-16-14-12-10-7-2;/h36-37H,6-35H2,1-5H3,(H,40,41);1H3. The molecule has 0 aromatic carbocycles. The molecule has 42 heavy (non-hydrogen) atoms. The first-order chi connectivity index (χ1) is 20.0. The molecule has 254 valence electrons. The predicted molar refractivity (Wildman–Crippen MR) is 187 cm³/mol. The second-order valence-corrected chi connectivity index (χ2v) is 14.0. The minimum absolute atomic E-state index is 0. The molecular formula is C39H81NO2. The second kappa shape index (κ2) is 31.8. The van der Waals surface area contributed by atoms with Crippen LogP contribution in [-0.2, 0) is 4.79 Å². The number of carbonyl (C=O) groups is 1. The molecule has 0 aromatic rings. The summed E-state index contributed by atoms with van der Waals surface area (Å²) in [4.78, 5) is 12.6. The molecule has 0 heterocycles. The summed E-state index contributed by atoms with van der Waals surface area (Å²) in [7, 11) is 0. The SMILES string of the molecule is CCCCCCCCCCCCCCCCC(CC)(C(=O)[O-])C(CCCCCCCCCCCCCCC)C(C)C.[NH4+]. The molecule has 2 atom stereocenters. The zero-order valence-electron chi connectivity index (χ0n) is 30.2. The van der Waals surface area contributed by atoms with E-state index in [2.05, 4.69) is 34.6 Å². The van der Waals surface area contributed by atoms with Crippen molar-refractivity contribution in [3.05, 3.63) is 0 Å². The summed E-state index contributed by atoms with van der Waals surface area (Å²) in [6.45, 7) is 11.2. The molecule has 0 saturated heterocycles. The number of carboxylic acids is 1. The van der Waals surface area contributed by atoms with Gasteiger partial charge in [-0.2, -0.15) is 0 Å². The molecular weight excluding hydrogens is 514 g/mol. The number of rotatable bonds is 33. The lowest BCUT2D eigenvalue weighted by atomic mass is 9.64. The van der Waals surface area contributed by atoms with Crippen LogP contribution in [-0.4, -0.2) is 5.97 Å². The van der Waals surface area contributed by atoms with Crippen molar-refractivity contribution in [2.75, 3.05) is 0 Å². The number of quaternary nitrogens is 1. The first-order valence-corrected chi connectivity index (χ1v) is 19.2. The van der Waals surface area contributed by atoms with E-state index in [1.54, 1.807) is 0 Å². The molecule has 2 unspecified atom stereocenters. The van der Waals surface area contributed by atoms with Gasteiger partial charge in [-0.25, -0.2) is 0 Å². The Kier molecular flexibility index (Phi) is 33.0. The highest BCUT2D eigenvalue weighted by Gasteiger charge is 2.39. The topological polar surface area (TPSA) is 76.6 Å². The summed E-state index contributed by atoms with van der Waals surface area (Å²) >= 11 is 0. The van der Waals surface area contributed by atoms with E-state index in [9.17, 15) is 9.90 Å². The minimum atomic E-state index is -0.775. The van der Waals surface area contributed by atoms with Crippen LogP contribution in [0.1, 0.15) is 227 Å². The van der Waals surface area contributed by atoms with Gasteiger partial charge in [0.05, 0.1) is 0 Å². The molecule has 0 saturated carbocycles. The molecule has 0 bridgehead atoms. The van der Waals surface area contributed by atoms with Crippen LogP contribution in [0, 0.1) is 17.3 Å². The van der Waals surface area contributed by atoms with E-state index >= 15 is 0 Å². The van der Waals surface area contributed by atoms with Crippen molar-refractivity contribution in [1.82, 2.24) is 6.15 Å². The van der Waals surface area contributed by atoms with Crippen LogP contribution in [0.5, 0.6) is 0 Å². The molecule has 0 amide bonds. The van der Waals surface area contributed by atoms with E-state index in [1.165, 1.54) is 167 Å². The van der Waals surface area contributed by atoms with E-state index in [1.807, 2.05) is 0 Å². The van der Waals surface area contributed by atoms with Crippen LogP contribution in [0.15, 0.2) is 0 Å². The number of carbonyl (C=O) groups excluding carboxylic acids is 1. The fourth-order valence-corrected chi connectivity index (χ4v) is 7.29. The molecule has 3 nitrogen and oxygen atoms in total. The second-order valence-electron chi connectivity index (χ2n) is 14.0. The first kappa shape index (κ1) is 43.6. The van der Waals surface area contributed by atoms with Gasteiger partial charge in [0, 0.05) is 11.4 Å². The maximum Gasteiger partial charge on any atom is 0.0478 e. The van der Waals surface area contributed by atoms with E-state index in [0.717, 1.165) is 25.7 Å². The fourth-order valence-electron chi connectivity index (χ4n) is 7.29. The Labute approximate surface area is 266 Å². The van der Waals surface area contributed by atoms with Crippen molar-refractivity contribution < 1.29 is 9.90 Å². The minimum Gasteiger partial charge on any atom is -0.550 e. The normalized spacial score (nSPS) is 13.7. The first-order valence-electron chi connectivity index (χ1n) is 19.2. The van der Waals surface area contributed by atoms with Crippen molar-refractivity contribution in [3.63, 3.8) is 0 Å². The Morgan fingerprint density at radius 2 is 0.786 bits per heavy atom. The summed E-state index contributed by atoms with van der Waals surface area (Å²) in [6, 6.07) is 0. The van der Waals surface area contributed by atoms with Gasteiger partial charge in [-0.15, -0.1) is 0 Å². The summed E-state index contributed by atoms with van der Waals surface area (Å²) in [5.74, 6) is -0.132. The predicted octanol–water partition coefficient (Wildman–Crippen LogP) is 13.1. The molecule has 0 aromatic heterocycles. The molecule has 0 spiro atoms. The largest absolute Gasteiger partial charge is 0.550 e. The van der Waals surface area contributed by atoms with Gasteiger partial charge in [-0.05, 0) is 31.1 Å². The van der Waals surface area contributed by atoms with Crippen LogP contribution >= 0.6 is 0 Å². The lowest BCUT2D eigenvalue weighted by Gasteiger charge is -2.44. The molecule has 4 N–H and O–H groups in total. The molecule has 0 radical (unpaired) electrons. The van der Waals surface area contributed by atoms with Crippen molar-refractivity contribution in [2.24, 2.45) is 17.3 Å². The number of carboxylic acid groups (broad SMARTS) is 1. The number of hydrogen-bond acceptors (Lipinski definition) is 2. The summed E-state index contributed by atoms with van der Waals surface area (Å²) in [5, 5.41) is 12.6. The van der Waals surface area contributed by atoms with Gasteiger partial charge in [0.25, 0.3) is 0 Å². The highest BCUT2D eigenvalue weighted by molar-refractivity contribution is 5.72. The van der Waals surface area contributed by atoms with Gasteiger partial charge in [0.2, 0.25) is 0 Å². The van der Waals surface area contributed by atoms with Crippen molar-refractivity contribution in [2.45, 2.75) is 227 Å². The third kappa shape index (κ3) is 22.9. The molecule has 0 rings (SSSR count).